The molecular formula is C23H26N6O5. The zero-order valence-electron chi connectivity index (χ0n) is 19.0. The average Bonchev–Trinajstić information content (AvgIpc) is 3.59. The van der Waals surface area contributed by atoms with Gasteiger partial charge in [-0.25, -0.2) is 9.97 Å². The number of anilines is 4. The Morgan fingerprint density at radius 3 is 2.71 bits per heavy atom. The number of carbonyl (C=O) groups is 3. The Kier molecular flexibility index (Phi) is 5.56. The van der Waals surface area contributed by atoms with Crippen LogP contribution in [0.1, 0.15) is 29.6 Å². The minimum atomic E-state index is -0.425. The van der Waals surface area contributed by atoms with Crippen LogP contribution in [0.15, 0.2) is 24.5 Å². The van der Waals surface area contributed by atoms with Crippen molar-refractivity contribution in [2.24, 2.45) is 5.92 Å². The molecule has 5 rings (SSSR count). The molecule has 2 amide bonds. The molecule has 3 fully saturated rings. The Morgan fingerprint density at radius 2 is 2.06 bits per heavy atom. The van der Waals surface area contributed by atoms with E-state index in [1.807, 2.05) is 6.07 Å². The molecule has 0 bridgehead atoms. The molecule has 0 atom stereocenters. The van der Waals surface area contributed by atoms with Crippen LogP contribution in [-0.2, 0) is 14.3 Å². The van der Waals surface area contributed by atoms with Gasteiger partial charge in [-0.15, -0.1) is 0 Å². The largest absolute Gasteiger partial charge is 0.491 e. The SMILES string of the molecule is CNC(=O)c1cnc(NC(=O)C2CC2)cc1Nc1nccc(N2CC3(CC(=O)CO3)C2)c1OC. The quantitative estimate of drug-likeness (QED) is 0.555. The molecule has 3 N–H and O–H groups in total. The lowest BCUT2D eigenvalue weighted by molar-refractivity contribution is -0.118. The fourth-order valence-electron chi connectivity index (χ4n) is 4.34. The van der Waals surface area contributed by atoms with E-state index in [0.717, 1.165) is 18.5 Å². The molecule has 1 saturated carbocycles. The third kappa shape index (κ3) is 4.14. The summed E-state index contributed by atoms with van der Waals surface area (Å²) in [5.41, 5.74) is 1.09. The first-order valence-electron chi connectivity index (χ1n) is 11.1. The summed E-state index contributed by atoms with van der Waals surface area (Å²) < 4.78 is 11.4. The summed E-state index contributed by atoms with van der Waals surface area (Å²) in [4.78, 5) is 47.0. The lowest BCUT2D eigenvalue weighted by Gasteiger charge is -2.48. The average molecular weight is 466 g/mol. The molecule has 178 valence electrons. The summed E-state index contributed by atoms with van der Waals surface area (Å²) >= 11 is 0. The molecule has 0 unspecified atom stereocenters. The Balaban J connectivity index is 1.41. The highest BCUT2D eigenvalue weighted by Gasteiger charge is 2.50. The number of Topliss-reactive ketones (excluding diaryl/α,β-unsaturated/α-hetero) is 1. The molecule has 4 heterocycles. The van der Waals surface area contributed by atoms with Crippen LogP contribution < -0.4 is 25.6 Å². The number of nitrogens with one attached hydrogen (secondary N) is 3. The number of ether oxygens (including phenoxy) is 2. The molecule has 1 spiro atoms. The van der Waals surface area contributed by atoms with E-state index in [4.69, 9.17) is 9.47 Å². The van der Waals surface area contributed by atoms with Gasteiger partial charge >= 0.3 is 0 Å². The number of pyridine rings is 2. The van der Waals surface area contributed by atoms with E-state index >= 15 is 0 Å². The minimum absolute atomic E-state index is 0.0224. The topological polar surface area (TPSA) is 135 Å². The highest BCUT2D eigenvalue weighted by molar-refractivity contribution is 6.01. The van der Waals surface area contributed by atoms with E-state index in [2.05, 4.69) is 30.8 Å². The number of carbonyl (C=O) groups excluding carboxylic acids is 3. The number of methoxy groups -OCH3 is 1. The van der Waals surface area contributed by atoms with Crippen molar-refractivity contribution in [2.45, 2.75) is 24.9 Å². The minimum Gasteiger partial charge on any atom is -0.491 e. The van der Waals surface area contributed by atoms with Crippen LogP contribution in [0.2, 0.25) is 0 Å². The summed E-state index contributed by atoms with van der Waals surface area (Å²) in [6.07, 6.45) is 5.22. The molecule has 11 heteroatoms. The van der Waals surface area contributed by atoms with Crippen molar-refractivity contribution in [1.82, 2.24) is 15.3 Å². The number of hydrogen-bond acceptors (Lipinski definition) is 9. The molecule has 3 aliphatic rings. The van der Waals surface area contributed by atoms with E-state index < -0.39 is 5.60 Å². The second-order valence-electron chi connectivity index (χ2n) is 8.84. The lowest BCUT2D eigenvalue weighted by atomic mass is 9.90. The van der Waals surface area contributed by atoms with Gasteiger partial charge in [0.2, 0.25) is 5.91 Å². The number of ketones is 1. The maximum absolute atomic E-state index is 12.5. The van der Waals surface area contributed by atoms with Crippen LogP contribution in [0, 0.1) is 5.92 Å². The van der Waals surface area contributed by atoms with Gasteiger partial charge in [0.25, 0.3) is 5.91 Å². The van der Waals surface area contributed by atoms with Crippen molar-refractivity contribution < 1.29 is 23.9 Å². The fraction of sp³-hybridized carbons (Fsp3) is 0.435. The first kappa shape index (κ1) is 22.1. The van der Waals surface area contributed by atoms with Crippen LogP contribution in [-0.4, -0.2) is 67.0 Å². The van der Waals surface area contributed by atoms with Crippen LogP contribution in [0.25, 0.3) is 0 Å². The van der Waals surface area contributed by atoms with Crippen molar-refractivity contribution >= 4 is 40.6 Å². The van der Waals surface area contributed by atoms with Gasteiger partial charge in [0, 0.05) is 50.9 Å². The van der Waals surface area contributed by atoms with Gasteiger partial charge in [-0.05, 0) is 18.9 Å². The predicted molar refractivity (Wildman–Crippen MR) is 124 cm³/mol. The van der Waals surface area contributed by atoms with E-state index in [1.165, 1.54) is 13.2 Å². The fourth-order valence-corrected chi connectivity index (χ4v) is 4.34. The van der Waals surface area contributed by atoms with Gasteiger partial charge in [-0.3, -0.25) is 14.4 Å². The van der Waals surface area contributed by atoms with Gasteiger partial charge in [0.05, 0.1) is 24.0 Å². The van der Waals surface area contributed by atoms with Crippen molar-refractivity contribution in [3.05, 3.63) is 30.1 Å². The zero-order chi connectivity index (χ0) is 23.9. The molecule has 34 heavy (non-hydrogen) atoms. The molecule has 2 aromatic heterocycles. The highest BCUT2D eigenvalue weighted by atomic mass is 16.5. The van der Waals surface area contributed by atoms with Crippen LogP contribution in [0.4, 0.5) is 23.0 Å². The third-order valence-electron chi connectivity index (χ3n) is 6.27. The van der Waals surface area contributed by atoms with Gasteiger partial charge in [-0.2, -0.15) is 0 Å². The predicted octanol–water partition coefficient (Wildman–Crippen LogP) is 1.49. The van der Waals surface area contributed by atoms with E-state index in [9.17, 15) is 14.4 Å². The molecular weight excluding hydrogens is 440 g/mol. The second-order valence-corrected chi connectivity index (χ2v) is 8.84. The Hall–Kier alpha value is -3.73. The summed E-state index contributed by atoms with van der Waals surface area (Å²) in [7, 11) is 3.08. The molecule has 0 aromatic carbocycles. The van der Waals surface area contributed by atoms with Gasteiger partial charge in [-0.1, -0.05) is 0 Å². The first-order chi connectivity index (χ1) is 16.4. The summed E-state index contributed by atoms with van der Waals surface area (Å²) in [5.74, 6) is 0.961. The monoisotopic (exact) mass is 466 g/mol. The van der Waals surface area contributed by atoms with E-state index in [0.29, 0.717) is 48.1 Å². The molecule has 1 aliphatic carbocycles. The highest BCUT2D eigenvalue weighted by Crippen LogP contribution is 2.43. The maximum atomic E-state index is 12.5. The molecule has 11 nitrogen and oxygen atoms in total. The Morgan fingerprint density at radius 1 is 1.26 bits per heavy atom. The van der Waals surface area contributed by atoms with Gasteiger partial charge < -0.3 is 30.3 Å². The number of nitrogens with zero attached hydrogens (tertiary/aromatic N) is 3. The summed E-state index contributed by atoms with van der Waals surface area (Å²) in [6, 6.07) is 3.44. The zero-order valence-corrected chi connectivity index (χ0v) is 19.0. The standard InChI is InChI=1S/C23H26N6O5/c1-24-22(32)15-9-26-18(28-21(31)13-3-4-13)7-16(15)27-20-19(33-2)17(5-6-25-20)29-11-23(12-29)8-14(30)10-34-23/h5-7,9,13H,3-4,8,10-12H2,1-2H3,(H,24,32)(H2,25,26,27,28,31). The van der Waals surface area contributed by atoms with Crippen LogP contribution >= 0.6 is 0 Å². The Bertz CT molecular complexity index is 1160. The number of aromatic nitrogens is 2. The summed E-state index contributed by atoms with van der Waals surface area (Å²) in [6.45, 7) is 1.32. The molecule has 2 aliphatic heterocycles. The van der Waals surface area contributed by atoms with Crippen molar-refractivity contribution in [1.29, 1.82) is 0 Å². The first-order valence-corrected chi connectivity index (χ1v) is 11.1. The number of amides is 2. The van der Waals surface area contributed by atoms with Crippen molar-refractivity contribution in [2.75, 3.05) is 49.4 Å². The molecule has 2 saturated heterocycles. The molecule has 0 radical (unpaired) electrons. The van der Waals surface area contributed by atoms with Crippen molar-refractivity contribution in [3.63, 3.8) is 0 Å². The second kappa shape index (κ2) is 8.56. The van der Waals surface area contributed by atoms with Crippen LogP contribution in [0.3, 0.4) is 0 Å². The number of hydrogen-bond donors (Lipinski definition) is 3. The smallest absolute Gasteiger partial charge is 0.254 e. The Labute approximate surface area is 196 Å². The van der Waals surface area contributed by atoms with E-state index in [-0.39, 0.29) is 30.1 Å². The van der Waals surface area contributed by atoms with Gasteiger partial charge in [0.15, 0.2) is 17.4 Å². The van der Waals surface area contributed by atoms with Crippen molar-refractivity contribution in [3.8, 4) is 5.75 Å². The van der Waals surface area contributed by atoms with Gasteiger partial charge in [0.1, 0.15) is 18.0 Å². The van der Waals surface area contributed by atoms with E-state index in [1.54, 1.807) is 19.4 Å². The molecule has 2 aromatic rings. The van der Waals surface area contributed by atoms with Crippen LogP contribution in [0.5, 0.6) is 5.75 Å². The maximum Gasteiger partial charge on any atom is 0.254 e. The number of rotatable bonds is 7. The lowest BCUT2D eigenvalue weighted by Crippen LogP contribution is -2.61. The normalized spacial score (nSPS) is 18.4. The summed E-state index contributed by atoms with van der Waals surface area (Å²) in [5, 5.41) is 8.57. The third-order valence-corrected chi connectivity index (χ3v) is 6.27.